The normalized spacial score (nSPS) is 12.1. The molecular weight excluding hydrogens is 418 g/mol. The Kier molecular flexibility index (Phi) is 3.34. The topological polar surface area (TPSA) is 48.0 Å². The monoisotopic (exact) mass is 435 g/mol. The number of nitrogens with zero attached hydrogens (tertiary/aromatic N) is 5. The third kappa shape index (κ3) is 2.16. The molecule has 0 amide bonds. The highest BCUT2D eigenvalue weighted by Gasteiger charge is 2.20. The highest BCUT2D eigenvalue weighted by molar-refractivity contribution is 6.29. The molecule has 5 nitrogen and oxygen atoms in total. The van der Waals surface area contributed by atoms with E-state index in [-0.39, 0.29) is 0 Å². The molecule has 0 aliphatic rings. The summed E-state index contributed by atoms with van der Waals surface area (Å²) in [6.07, 6.45) is 5.55. The lowest BCUT2D eigenvalue weighted by molar-refractivity contribution is 1.18. The second kappa shape index (κ2) is 6.39. The average molecular weight is 435 g/mol. The summed E-state index contributed by atoms with van der Waals surface area (Å²) >= 11 is 0. The van der Waals surface area contributed by atoms with E-state index in [9.17, 15) is 0 Å². The molecule has 0 N–H and O–H groups in total. The lowest BCUT2D eigenvalue weighted by Gasteiger charge is -2.10. The van der Waals surface area contributed by atoms with Gasteiger partial charge >= 0.3 is 0 Å². The summed E-state index contributed by atoms with van der Waals surface area (Å²) in [6.45, 7) is 0. The molecule has 3 aromatic carbocycles. The van der Waals surface area contributed by atoms with Gasteiger partial charge in [-0.1, -0.05) is 36.4 Å². The summed E-state index contributed by atoms with van der Waals surface area (Å²) in [7, 11) is 0. The molecule has 0 aliphatic heterocycles. The van der Waals surface area contributed by atoms with E-state index < -0.39 is 0 Å². The molecule has 0 radical (unpaired) electrons. The summed E-state index contributed by atoms with van der Waals surface area (Å²) in [5.74, 6) is 0. The molecule has 158 valence electrons. The Labute approximate surface area is 193 Å². The van der Waals surface area contributed by atoms with Gasteiger partial charge in [-0.2, -0.15) is 0 Å². The lowest BCUT2D eigenvalue weighted by Crippen LogP contribution is -1.95. The fourth-order valence-corrected chi connectivity index (χ4v) is 5.47. The molecule has 0 unspecified atom stereocenters. The van der Waals surface area contributed by atoms with Crippen molar-refractivity contribution in [2.24, 2.45) is 0 Å². The van der Waals surface area contributed by atoms with Crippen molar-refractivity contribution >= 4 is 60.3 Å². The Morgan fingerprint density at radius 2 is 1.44 bits per heavy atom. The summed E-state index contributed by atoms with van der Waals surface area (Å²) in [5, 5.41) is 4.62. The summed E-state index contributed by atoms with van der Waals surface area (Å²) in [4.78, 5) is 14.3. The number of benzene rings is 3. The Morgan fingerprint density at radius 1 is 0.588 bits per heavy atom. The molecule has 5 aromatic heterocycles. The lowest BCUT2D eigenvalue weighted by atomic mass is 10.0. The maximum Gasteiger partial charge on any atom is 0.147 e. The maximum absolute atomic E-state index is 5.12. The molecule has 8 aromatic rings. The minimum atomic E-state index is 0.927. The van der Waals surface area contributed by atoms with Crippen molar-refractivity contribution in [3.8, 4) is 5.69 Å². The third-order valence-electron chi connectivity index (χ3n) is 6.82. The first-order valence-corrected chi connectivity index (χ1v) is 11.3. The van der Waals surface area contributed by atoms with E-state index in [0.29, 0.717) is 0 Å². The predicted molar refractivity (Wildman–Crippen MR) is 138 cm³/mol. The molecule has 8 rings (SSSR count). The number of imidazole rings is 1. The second-order valence-corrected chi connectivity index (χ2v) is 8.58. The van der Waals surface area contributed by atoms with Crippen molar-refractivity contribution in [3.05, 3.63) is 104 Å². The van der Waals surface area contributed by atoms with Gasteiger partial charge in [-0.25, -0.2) is 4.98 Å². The van der Waals surface area contributed by atoms with Gasteiger partial charge in [0.05, 0.1) is 39.3 Å². The number of para-hydroxylation sites is 2. The van der Waals surface area contributed by atoms with Crippen LogP contribution in [0, 0.1) is 0 Å². The SMILES string of the molecule is c1ccc(-n2c3ccccc3c3c4c(ccc32)c2ncccc2n2c3cnccc3nc42)cc1. The molecule has 34 heavy (non-hydrogen) atoms. The zero-order chi connectivity index (χ0) is 22.2. The van der Waals surface area contributed by atoms with Crippen LogP contribution < -0.4 is 0 Å². The summed E-state index contributed by atoms with van der Waals surface area (Å²) < 4.78 is 4.55. The Morgan fingerprint density at radius 3 is 2.38 bits per heavy atom. The van der Waals surface area contributed by atoms with Gasteiger partial charge in [0, 0.05) is 39.6 Å². The van der Waals surface area contributed by atoms with Crippen molar-refractivity contribution in [1.82, 2.24) is 23.9 Å². The highest BCUT2D eigenvalue weighted by Crippen LogP contribution is 2.41. The number of fused-ring (bicyclic) bond motifs is 12. The maximum atomic E-state index is 5.12. The molecule has 0 saturated heterocycles. The van der Waals surface area contributed by atoms with E-state index in [1.54, 1.807) is 6.20 Å². The summed E-state index contributed by atoms with van der Waals surface area (Å²) in [5.41, 5.74) is 8.31. The van der Waals surface area contributed by atoms with Gasteiger partial charge in [0.2, 0.25) is 0 Å². The Hall–Kier alpha value is -4.77. The van der Waals surface area contributed by atoms with Crippen LogP contribution in [0.5, 0.6) is 0 Å². The first-order chi connectivity index (χ1) is 16.9. The standard InChI is InChI=1S/C29H17N5/c1-2-7-18(8-3-1)33-22-10-5-4-9-19(22)26-23(33)13-12-20-27(26)29-32-21-14-16-30-17-25(21)34(29)24-11-6-15-31-28(20)24/h1-17H. The number of aromatic nitrogens is 5. The van der Waals surface area contributed by atoms with Gasteiger partial charge in [0.1, 0.15) is 5.65 Å². The molecule has 0 fully saturated rings. The van der Waals surface area contributed by atoms with Gasteiger partial charge in [-0.15, -0.1) is 0 Å². The van der Waals surface area contributed by atoms with Crippen LogP contribution in [0.15, 0.2) is 104 Å². The number of hydrogen-bond acceptors (Lipinski definition) is 3. The van der Waals surface area contributed by atoms with Gasteiger partial charge in [0.15, 0.2) is 0 Å². The van der Waals surface area contributed by atoms with Crippen LogP contribution in [0.3, 0.4) is 0 Å². The van der Waals surface area contributed by atoms with Crippen LogP contribution in [0.4, 0.5) is 0 Å². The molecule has 0 atom stereocenters. The van der Waals surface area contributed by atoms with E-state index in [0.717, 1.165) is 49.7 Å². The second-order valence-electron chi connectivity index (χ2n) is 8.58. The van der Waals surface area contributed by atoms with Crippen molar-refractivity contribution in [3.63, 3.8) is 0 Å². The van der Waals surface area contributed by atoms with Crippen molar-refractivity contribution in [2.45, 2.75) is 0 Å². The average Bonchev–Trinajstić information content (AvgIpc) is 3.45. The van der Waals surface area contributed by atoms with E-state index >= 15 is 0 Å². The van der Waals surface area contributed by atoms with Crippen LogP contribution in [0.2, 0.25) is 0 Å². The number of hydrogen-bond donors (Lipinski definition) is 0. The zero-order valence-corrected chi connectivity index (χ0v) is 18.1. The molecular formula is C29H17N5. The molecule has 0 saturated carbocycles. The summed E-state index contributed by atoms with van der Waals surface area (Å²) in [6, 6.07) is 29.6. The van der Waals surface area contributed by atoms with Gasteiger partial charge in [0.25, 0.3) is 0 Å². The minimum absolute atomic E-state index is 0.927. The van der Waals surface area contributed by atoms with Crippen molar-refractivity contribution in [1.29, 1.82) is 0 Å². The van der Waals surface area contributed by atoms with Crippen LogP contribution >= 0.6 is 0 Å². The predicted octanol–water partition coefficient (Wildman–Crippen LogP) is 6.68. The third-order valence-corrected chi connectivity index (χ3v) is 6.82. The van der Waals surface area contributed by atoms with Crippen LogP contribution in [-0.2, 0) is 0 Å². The van der Waals surface area contributed by atoms with Gasteiger partial charge < -0.3 is 4.57 Å². The highest BCUT2D eigenvalue weighted by atomic mass is 15.0. The molecule has 0 spiro atoms. The quantitative estimate of drug-likeness (QED) is 0.270. The van der Waals surface area contributed by atoms with Crippen molar-refractivity contribution in [2.75, 3.05) is 0 Å². The molecule has 0 bridgehead atoms. The fraction of sp³-hybridized carbons (Fsp3) is 0. The van der Waals surface area contributed by atoms with E-state index in [1.807, 2.05) is 24.5 Å². The largest absolute Gasteiger partial charge is 0.309 e. The minimum Gasteiger partial charge on any atom is -0.309 e. The van der Waals surface area contributed by atoms with E-state index in [2.05, 4.69) is 86.7 Å². The first-order valence-electron chi connectivity index (χ1n) is 11.3. The molecule has 5 heteroatoms. The fourth-order valence-electron chi connectivity index (χ4n) is 5.47. The smallest absolute Gasteiger partial charge is 0.147 e. The Balaban J connectivity index is 1.73. The molecule has 5 heterocycles. The van der Waals surface area contributed by atoms with Crippen molar-refractivity contribution < 1.29 is 0 Å². The van der Waals surface area contributed by atoms with Gasteiger partial charge in [-0.3, -0.25) is 14.4 Å². The Bertz CT molecular complexity index is 2070. The van der Waals surface area contributed by atoms with E-state index in [4.69, 9.17) is 9.97 Å². The van der Waals surface area contributed by atoms with Crippen LogP contribution in [-0.4, -0.2) is 23.9 Å². The first kappa shape index (κ1) is 17.7. The van der Waals surface area contributed by atoms with Crippen LogP contribution in [0.25, 0.3) is 66.0 Å². The number of pyridine rings is 3. The number of rotatable bonds is 1. The van der Waals surface area contributed by atoms with Crippen LogP contribution in [0.1, 0.15) is 0 Å². The molecule has 0 aliphatic carbocycles. The van der Waals surface area contributed by atoms with Gasteiger partial charge in [-0.05, 0) is 48.5 Å². The zero-order valence-electron chi connectivity index (χ0n) is 18.1. The van der Waals surface area contributed by atoms with E-state index in [1.165, 1.54) is 16.3 Å².